The molecule has 3 N–H and O–H groups in total. The van der Waals surface area contributed by atoms with E-state index in [-0.39, 0.29) is 30.5 Å². The second-order valence-electron chi connectivity index (χ2n) is 8.33. The third kappa shape index (κ3) is 7.33. The molecule has 1 fully saturated rings. The molecule has 178 valence electrons. The Hall–Kier alpha value is -2.33. The number of nitrogens with one attached hydrogen (secondary N) is 1. The minimum absolute atomic E-state index is 0.00863. The van der Waals surface area contributed by atoms with Gasteiger partial charge >= 0.3 is 0 Å². The van der Waals surface area contributed by atoms with Crippen molar-refractivity contribution < 1.29 is 28.2 Å². The monoisotopic (exact) mass is 491 g/mol. The van der Waals surface area contributed by atoms with Gasteiger partial charge in [0.15, 0.2) is 0 Å². The summed E-state index contributed by atoms with van der Waals surface area (Å²) in [6.07, 6.45) is 8.18. The second kappa shape index (κ2) is 11.2. The SMILES string of the molecule is CS(=O)(=O)NC(=O)CCCC=CC[C@H]1C(=O)C[C@@H](O)[C@@H]1C=CC(O)c1cc2ccccc2s1. The van der Waals surface area contributed by atoms with Crippen molar-refractivity contribution >= 4 is 43.1 Å². The molecule has 33 heavy (non-hydrogen) atoms. The lowest BCUT2D eigenvalue weighted by Gasteiger charge is -2.16. The summed E-state index contributed by atoms with van der Waals surface area (Å²) in [5, 5.41) is 22.0. The number of hydrogen-bond donors (Lipinski definition) is 3. The van der Waals surface area contributed by atoms with Crippen molar-refractivity contribution in [1.82, 2.24) is 4.72 Å². The minimum Gasteiger partial charge on any atom is -0.392 e. The maximum absolute atomic E-state index is 12.4. The standard InChI is InChI=1S/C24H29NO6S2/c1-33(30,31)25-24(29)11-5-3-2-4-9-17-18(21(28)15-20(17)27)12-13-19(26)23-14-16-8-6-7-10-22(16)32-23/h2,4,6-8,10,12-14,17-19,21,26,28H,3,5,9,11,15H2,1H3,(H,25,29)/t17-,18-,19?,21-/m1/s1. The van der Waals surface area contributed by atoms with E-state index in [4.69, 9.17) is 0 Å². The number of thiophene rings is 1. The summed E-state index contributed by atoms with van der Waals surface area (Å²) < 4.78 is 25.0. The molecule has 2 aromatic rings. The highest BCUT2D eigenvalue weighted by atomic mass is 32.2. The Morgan fingerprint density at radius 2 is 2.06 bits per heavy atom. The number of allylic oxidation sites excluding steroid dienone is 2. The molecule has 0 spiro atoms. The number of Topliss-reactive ketones (excluding diaryl/α,β-unsaturated/α-hetero) is 1. The van der Waals surface area contributed by atoms with E-state index in [0.717, 1.165) is 21.2 Å². The van der Waals surface area contributed by atoms with Crippen LogP contribution in [-0.4, -0.2) is 42.7 Å². The molecule has 1 amide bonds. The molecule has 1 aliphatic rings. The number of unbranched alkanes of at least 4 members (excludes halogenated alkanes) is 1. The van der Waals surface area contributed by atoms with Gasteiger partial charge in [-0.3, -0.25) is 14.3 Å². The predicted molar refractivity (Wildman–Crippen MR) is 129 cm³/mol. The first kappa shape index (κ1) is 25.3. The Kier molecular flexibility index (Phi) is 8.58. The molecule has 1 heterocycles. The van der Waals surface area contributed by atoms with Gasteiger partial charge in [0.1, 0.15) is 11.9 Å². The summed E-state index contributed by atoms with van der Waals surface area (Å²) in [4.78, 5) is 24.7. The molecule has 7 nitrogen and oxygen atoms in total. The summed E-state index contributed by atoms with van der Waals surface area (Å²) in [7, 11) is -3.54. The van der Waals surface area contributed by atoms with Crippen LogP contribution in [0.2, 0.25) is 0 Å². The maximum Gasteiger partial charge on any atom is 0.233 e. The number of carbonyl (C=O) groups is 2. The highest BCUT2D eigenvalue weighted by Gasteiger charge is 2.39. The van der Waals surface area contributed by atoms with Crippen LogP contribution < -0.4 is 4.72 Å². The Morgan fingerprint density at radius 1 is 1.30 bits per heavy atom. The average Bonchev–Trinajstić information content (AvgIpc) is 3.28. The van der Waals surface area contributed by atoms with E-state index in [2.05, 4.69) is 0 Å². The Morgan fingerprint density at radius 3 is 2.79 bits per heavy atom. The zero-order valence-electron chi connectivity index (χ0n) is 18.4. The summed E-state index contributed by atoms with van der Waals surface area (Å²) in [5.74, 6) is -1.28. The fraction of sp³-hybridized carbons (Fsp3) is 0.417. The van der Waals surface area contributed by atoms with E-state index in [9.17, 15) is 28.2 Å². The largest absolute Gasteiger partial charge is 0.392 e. The Balaban J connectivity index is 1.53. The second-order valence-corrected chi connectivity index (χ2v) is 11.2. The minimum atomic E-state index is -3.54. The third-order valence-electron chi connectivity index (χ3n) is 5.62. The summed E-state index contributed by atoms with van der Waals surface area (Å²) in [5.41, 5.74) is 0. The van der Waals surface area contributed by atoms with Gasteiger partial charge < -0.3 is 10.2 Å². The lowest BCUT2D eigenvalue weighted by atomic mass is 9.90. The van der Waals surface area contributed by atoms with E-state index in [1.54, 1.807) is 12.2 Å². The first-order chi connectivity index (χ1) is 15.6. The fourth-order valence-electron chi connectivity index (χ4n) is 4.00. The topological polar surface area (TPSA) is 121 Å². The number of amides is 1. The van der Waals surface area contributed by atoms with Gasteiger partial charge in [-0.1, -0.05) is 42.5 Å². The van der Waals surface area contributed by atoms with Crippen LogP contribution in [-0.2, 0) is 19.6 Å². The van der Waals surface area contributed by atoms with Crippen LogP contribution in [0.25, 0.3) is 10.1 Å². The van der Waals surface area contributed by atoms with Crippen molar-refractivity contribution in [1.29, 1.82) is 0 Å². The zero-order chi connectivity index (χ0) is 24.0. The van der Waals surface area contributed by atoms with Crippen molar-refractivity contribution in [3.05, 3.63) is 59.5 Å². The van der Waals surface area contributed by atoms with Gasteiger partial charge in [-0.25, -0.2) is 8.42 Å². The first-order valence-corrected chi connectivity index (χ1v) is 13.6. The van der Waals surface area contributed by atoms with E-state index in [1.807, 2.05) is 47.2 Å². The molecule has 0 saturated heterocycles. The lowest BCUT2D eigenvalue weighted by molar-refractivity contribution is -0.121. The maximum atomic E-state index is 12.4. The molecule has 4 atom stereocenters. The number of hydrogen-bond acceptors (Lipinski definition) is 7. The number of fused-ring (bicyclic) bond motifs is 1. The normalized spacial score (nSPS) is 22.5. The van der Waals surface area contributed by atoms with Gasteiger partial charge in [0.2, 0.25) is 15.9 Å². The van der Waals surface area contributed by atoms with Crippen molar-refractivity contribution in [2.75, 3.05) is 6.26 Å². The molecule has 1 unspecified atom stereocenters. The highest BCUT2D eigenvalue weighted by molar-refractivity contribution is 7.89. The molecular weight excluding hydrogens is 462 g/mol. The van der Waals surface area contributed by atoms with Crippen LogP contribution in [0.15, 0.2) is 54.6 Å². The van der Waals surface area contributed by atoms with E-state index in [0.29, 0.717) is 19.3 Å². The number of aliphatic hydroxyl groups excluding tert-OH is 2. The molecular formula is C24H29NO6S2. The van der Waals surface area contributed by atoms with Crippen LogP contribution in [0, 0.1) is 11.8 Å². The smallest absolute Gasteiger partial charge is 0.233 e. The van der Waals surface area contributed by atoms with Crippen molar-refractivity contribution in [3.8, 4) is 0 Å². The molecule has 1 aliphatic carbocycles. The van der Waals surface area contributed by atoms with Crippen molar-refractivity contribution in [3.63, 3.8) is 0 Å². The lowest BCUT2D eigenvalue weighted by Crippen LogP contribution is -2.28. The number of rotatable bonds is 10. The average molecular weight is 492 g/mol. The van der Waals surface area contributed by atoms with E-state index >= 15 is 0 Å². The molecule has 1 aromatic carbocycles. The Labute approximate surface area is 197 Å². The first-order valence-electron chi connectivity index (χ1n) is 10.9. The molecule has 0 aliphatic heterocycles. The van der Waals surface area contributed by atoms with Crippen molar-refractivity contribution in [2.45, 2.75) is 44.3 Å². The molecule has 0 bridgehead atoms. The van der Waals surface area contributed by atoms with E-state index in [1.165, 1.54) is 11.3 Å². The molecule has 9 heteroatoms. The van der Waals surface area contributed by atoms with Crippen LogP contribution in [0.5, 0.6) is 0 Å². The van der Waals surface area contributed by atoms with Gasteiger partial charge in [-0.05, 0) is 36.8 Å². The van der Waals surface area contributed by atoms with E-state index < -0.39 is 28.1 Å². The van der Waals surface area contributed by atoms with Gasteiger partial charge in [0.25, 0.3) is 0 Å². The van der Waals surface area contributed by atoms with Crippen molar-refractivity contribution in [2.24, 2.45) is 11.8 Å². The third-order valence-corrected chi connectivity index (χ3v) is 7.40. The quantitative estimate of drug-likeness (QED) is 0.347. The molecule has 1 saturated carbocycles. The summed E-state index contributed by atoms with van der Waals surface area (Å²) in [6, 6.07) is 9.84. The summed E-state index contributed by atoms with van der Waals surface area (Å²) >= 11 is 1.51. The van der Waals surface area contributed by atoms with Crippen LogP contribution in [0.1, 0.15) is 43.1 Å². The van der Waals surface area contributed by atoms with Crippen LogP contribution in [0.3, 0.4) is 0 Å². The van der Waals surface area contributed by atoms with Crippen LogP contribution in [0.4, 0.5) is 0 Å². The summed E-state index contributed by atoms with van der Waals surface area (Å²) in [6.45, 7) is 0. The predicted octanol–water partition coefficient (Wildman–Crippen LogP) is 3.25. The van der Waals surface area contributed by atoms with Gasteiger partial charge in [0.05, 0.1) is 12.4 Å². The van der Waals surface area contributed by atoms with Gasteiger partial charge in [0, 0.05) is 34.3 Å². The number of benzene rings is 1. The number of carbonyl (C=O) groups excluding carboxylic acids is 2. The molecule has 3 rings (SSSR count). The highest BCUT2D eigenvalue weighted by Crippen LogP contribution is 2.35. The zero-order valence-corrected chi connectivity index (χ0v) is 20.0. The number of aliphatic hydroxyl groups is 2. The fourth-order valence-corrected chi connectivity index (χ4v) is 5.55. The molecule has 0 radical (unpaired) electrons. The number of ketones is 1. The number of sulfonamides is 1. The molecule has 1 aromatic heterocycles. The Bertz CT molecular complexity index is 1120. The van der Waals surface area contributed by atoms with Crippen LogP contribution >= 0.6 is 11.3 Å². The van der Waals surface area contributed by atoms with Gasteiger partial charge in [-0.2, -0.15) is 0 Å². The van der Waals surface area contributed by atoms with Gasteiger partial charge in [-0.15, -0.1) is 11.3 Å².